The first-order chi connectivity index (χ1) is 7.72. The molecule has 1 N–H and O–H groups in total. The summed E-state index contributed by atoms with van der Waals surface area (Å²) in [4.78, 5) is 4.84. The van der Waals surface area contributed by atoms with E-state index in [1.807, 2.05) is 0 Å². The molecule has 0 atom stereocenters. The largest absolute Gasteiger partial charge is 0.335 e. The molecule has 2 rings (SSSR count). The van der Waals surface area contributed by atoms with Gasteiger partial charge in [0.05, 0.1) is 5.69 Å². The molecule has 0 bridgehead atoms. The van der Waals surface area contributed by atoms with E-state index in [2.05, 4.69) is 36.9 Å². The third-order valence-corrected chi connectivity index (χ3v) is 3.46. The van der Waals surface area contributed by atoms with Crippen molar-refractivity contribution in [2.45, 2.75) is 52.0 Å². The lowest BCUT2D eigenvalue weighted by atomic mass is 9.97. The Hall–Kier alpha value is -0.830. The third kappa shape index (κ3) is 2.29. The highest BCUT2D eigenvalue weighted by Gasteiger charge is 2.21. The molecule has 1 aliphatic heterocycles. The summed E-state index contributed by atoms with van der Waals surface area (Å²) >= 11 is 0. The number of aromatic nitrogens is 2. The molecule has 90 valence electrons. The second-order valence-corrected chi connectivity index (χ2v) is 4.99. The highest BCUT2D eigenvalue weighted by molar-refractivity contribution is 5.12. The van der Waals surface area contributed by atoms with Crippen molar-refractivity contribution < 1.29 is 0 Å². The van der Waals surface area contributed by atoms with Gasteiger partial charge in [-0.05, 0) is 38.8 Å². The highest BCUT2D eigenvalue weighted by Crippen LogP contribution is 2.26. The number of nitrogens with one attached hydrogen (secondary N) is 1. The monoisotopic (exact) mass is 221 g/mol. The second kappa shape index (κ2) is 5.00. The van der Waals surface area contributed by atoms with Crippen molar-refractivity contribution in [3.05, 3.63) is 17.7 Å². The zero-order valence-corrected chi connectivity index (χ0v) is 10.7. The number of imidazole rings is 1. The van der Waals surface area contributed by atoms with Gasteiger partial charge >= 0.3 is 0 Å². The molecule has 3 heteroatoms. The topological polar surface area (TPSA) is 29.9 Å². The Morgan fingerprint density at radius 1 is 1.44 bits per heavy atom. The van der Waals surface area contributed by atoms with Gasteiger partial charge in [-0.15, -0.1) is 0 Å². The van der Waals surface area contributed by atoms with Gasteiger partial charge in [-0.25, -0.2) is 4.98 Å². The van der Waals surface area contributed by atoms with Crippen LogP contribution in [0.1, 0.15) is 57.0 Å². The van der Waals surface area contributed by atoms with Crippen molar-refractivity contribution in [3.8, 4) is 0 Å². The summed E-state index contributed by atoms with van der Waals surface area (Å²) in [5.74, 6) is 2.51. The van der Waals surface area contributed by atoms with Crippen LogP contribution in [0.5, 0.6) is 0 Å². The van der Waals surface area contributed by atoms with Crippen LogP contribution < -0.4 is 5.32 Å². The predicted octanol–water partition coefficient (Wildman–Crippen LogP) is 2.49. The zero-order chi connectivity index (χ0) is 11.5. The van der Waals surface area contributed by atoms with Gasteiger partial charge in [-0.1, -0.05) is 13.8 Å². The Balaban J connectivity index is 2.23. The normalized spacial score (nSPS) is 18.2. The molecule has 16 heavy (non-hydrogen) atoms. The molecule has 1 fully saturated rings. The Morgan fingerprint density at radius 2 is 2.12 bits per heavy atom. The quantitative estimate of drug-likeness (QED) is 0.850. The summed E-state index contributed by atoms with van der Waals surface area (Å²) in [7, 11) is 0. The molecule has 0 aromatic carbocycles. The van der Waals surface area contributed by atoms with Crippen LogP contribution in [-0.2, 0) is 6.54 Å². The fraction of sp³-hybridized carbons (Fsp3) is 0.769. The lowest BCUT2D eigenvalue weighted by Gasteiger charge is -2.22. The number of hydrogen-bond donors (Lipinski definition) is 1. The third-order valence-electron chi connectivity index (χ3n) is 3.46. The van der Waals surface area contributed by atoms with Gasteiger partial charge in [0.1, 0.15) is 5.82 Å². The van der Waals surface area contributed by atoms with Gasteiger partial charge in [-0.3, -0.25) is 0 Å². The van der Waals surface area contributed by atoms with E-state index in [0.29, 0.717) is 11.8 Å². The summed E-state index contributed by atoms with van der Waals surface area (Å²) in [5.41, 5.74) is 1.25. The lowest BCUT2D eigenvalue weighted by Crippen LogP contribution is -2.28. The smallest absolute Gasteiger partial charge is 0.112 e. The van der Waals surface area contributed by atoms with Crippen LogP contribution in [0.2, 0.25) is 0 Å². The first-order valence-corrected chi connectivity index (χ1v) is 6.50. The van der Waals surface area contributed by atoms with Crippen molar-refractivity contribution in [3.63, 3.8) is 0 Å². The maximum absolute atomic E-state index is 4.84. The summed E-state index contributed by atoms with van der Waals surface area (Å²) in [5, 5.41) is 3.41. The first kappa shape index (κ1) is 11.6. The van der Waals surface area contributed by atoms with Gasteiger partial charge in [0.25, 0.3) is 0 Å². The van der Waals surface area contributed by atoms with Crippen LogP contribution in [0.4, 0.5) is 0 Å². The van der Waals surface area contributed by atoms with Crippen LogP contribution in [0.3, 0.4) is 0 Å². The molecule has 1 saturated heterocycles. The molecule has 1 aromatic rings. The number of rotatable bonds is 3. The number of aryl methyl sites for hydroxylation is 1. The van der Waals surface area contributed by atoms with E-state index in [0.717, 1.165) is 19.6 Å². The molecule has 3 nitrogen and oxygen atoms in total. The van der Waals surface area contributed by atoms with Gasteiger partial charge in [0.15, 0.2) is 0 Å². The number of piperidine rings is 1. The van der Waals surface area contributed by atoms with Gasteiger partial charge in [0, 0.05) is 18.7 Å². The van der Waals surface area contributed by atoms with Crippen LogP contribution >= 0.6 is 0 Å². The molecule has 0 unspecified atom stereocenters. The van der Waals surface area contributed by atoms with Gasteiger partial charge < -0.3 is 9.88 Å². The van der Waals surface area contributed by atoms with Gasteiger partial charge in [-0.2, -0.15) is 0 Å². The van der Waals surface area contributed by atoms with Crippen molar-refractivity contribution in [2.24, 2.45) is 0 Å². The fourth-order valence-corrected chi connectivity index (χ4v) is 2.39. The average Bonchev–Trinajstić information content (AvgIpc) is 2.74. The summed E-state index contributed by atoms with van der Waals surface area (Å²) < 4.78 is 2.34. The summed E-state index contributed by atoms with van der Waals surface area (Å²) in [6.07, 6.45) is 4.70. The maximum Gasteiger partial charge on any atom is 0.112 e. The molecular formula is C13H23N3. The van der Waals surface area contributed by atoms with Crippen LogP contribution in [0.25, 0.3) is 0 Å². The molecule has 1 aliphatic rings. The van der Waals surface area contributed by atoms with E-state index in [9.17, 15) is 0 Å². The van der Waals surface area contributed by atoms with E-state index >= 15 is 0 Å². The average molecular weight is 221 g/mol. The van der Waals surface area contributed by atoms with Crippen LogP contribution in [0, 0.1) is 0 Å². The summed E-state index contributed by atoms with van der Waals surface area (Å²) in [6, 6.07) is 0. The SMILES string of the molecule is CCn1cc(C(C)C)nc1C1CCNCC1. The minimum Gasteiger partial charge on any atom is -0.335 e. The van der Waals surface area contributed by atoms with Gasteiger partial charge in [0.2, 0.25) is 0 Å². The molecule has 0 amide bonds. The van der Waals surface area contributed by atoms with E-state index in [1.54, 1.807) is 0 Å². The molecule has 0 spiro atoms. The Labute approximate surface area is 98.3 Å². The van der Waals surface area contributed by atoms with E-state index in [4.69, 9.17) is 4.98 Å². The highest BCUT2D eigenvalue weighted by atomic mass is 15.1. The minimum atomic E-state index is 0.535. The van der Waals surface area contributed by atoms with Crippen LogP contribution in [-0.4, -0.2) is 22.6 Å². The van der Waals surface area contributed by atoms with E-state index in [1.165, 1.54) is 24.4 Å². The Kier molecular flexibility index (Phi) is 3.64. The van der Waals surface area contributed by atoms with Crippen molar-refractivity contribution in [1.82, 2.24) is 14.9 Å². The Morgan fingerprint density at radius 3 is 2.69 bits per heavy atom. The van der Waals surface area contributed by atoms with Crippen molar-refractivity contribution in [2.75, 3.05) is 13.1 Å². The fourth-order valence-electron chi connectivity index (χ4n) is 2.39. The van der Waals surface area contributed by atoms with Crippen LogP contribution in [0.15, 0.2) is 6.20 Å². The lowest BCUT2D eigenvalue weighted by molar-refractivity contribution is 0.432. The number of nitrogens with zero attached hydrogens (tertiary/aromatic N) is 2. The molecule has 2 heterocycles. The maximum atomic E-state index is 4.84. The molecule has 1 aromatic heterocycles. The standard InChI is InChI=1S/C13H23N3/c1-4-16-9-12(10(2)3)15-13(16)11-5-7-14-8-6-11/h9-11,14H,4-8H2,1-3H3. The predicted molar refractivity (Wildman–Crippen MR) is 66.8 cm³/mol. The minimum absolute atomic E-state index is 0.535. The Bertz CT molecular complexity index is 335. The number of hydrogen-bond acceptors (Lipinski definition) is 2. The molecule has 0 aliphatic carbocycles. The van der Waals surface area contributed by atoms with Crippen molar-refractivity contribution >= 4 is 0 Å². The van der Waals surface area contributed by atoms with E-state index in [-0.39, 0.29) is 0 Å². The van der Waals surface area contributed by atoms with E-state index < -0.39 is 0 Å². The molecule has 0 radical (unpaired) electrons. The first-order valence-electron chi connectivity index (χ1n) is 6.50. The second-order valence-electron chi connectivity index (χ2n) is 4.99. The van der Waals surface area contributed by atoms with Crippen molar-refractivity contribution in [1.29, 1.82) is 0 Å². The zero-order valence-electron chi connectivity index (χ0n) is 10.7. The summed E-state index contributed by atoms with van der Waals surface area (Å²) in [6.45, 7) is 9.95. The molecule has 0 saturated carbocycles. The molecular weight excluding hydrogens is 198 g/mol.